The summed E-state index contributed by atoms with van der Waals surface area (Å²) in [6, 6.07) is 8.06. The van der Waals surface area contributed by atoms with Crippen LogP contribution in [0, 0.1) is 5.82 Å². The van der Waals surface area contributed by atoms with Crippen LogP contribution in [0.5, 0.6) is 11.5 Å². The van der Waals surface area contributed by atoms with Crippen molar-refractivity contribution < 1.29 is 27.4 Å². The third-order valence-corrected chi connectivity index (χ3v) is 2.58. The summed E-state index contributed by atoms with van der Waals surface area (Å²) in [5.41, 5.74) is -0.412. The molecular formula is C14H10F4O2. The molecule has 0 aliphatic carbocycles. The molecule has 106 valence electrons. The van der Waals surface area contributed by atoms with Crippen molar-refractivity contribution in [1.82, 2.24) is 0 Å². The fourth-order valence-electron chi connectivity index (χ4n) is 1.57. The molecule has 6 heteroatoms. The van der Waals surface area contributed by atoms with Gasteiger partial charge in [-0.15, -0.1) is 0 Å². The molecular weight excluding hydrogens is 276 g/mol. The van der Waals surface area contributed by atoms with Crippen molar-refractivity contribution in [3.8, 4) is 11.5 Å². The summed E-state index contributed by atoms with van der Waals surface area (Å²) in [6.45, 7) is -0.0987. The summed E-state index contributed by atoms with van der Waals surface area (Å²) in [5, 5.41) is 9.01. The molecule has 0 aromatic heterocycles. The summed E-state index contributed by atoms with van der Waals surface area (Å²) < 4.78 is 55.7. The predicted octanol–water partition coefficient (Wildman–Crippen LogP) is 4.13. The number of halogens is 4. The second-order valence-electron chi connectivity index (χ2n) is 4.10. The second-order valence-corrected chi connectivity index (χ2v) is 4.10. The Kier molecular flexibility index (Phi) is 3.83. The van der Waals surface area contributed by atoms with Crippen LogP contribution in [0.3, 0.4) is 0 Å². The molecule has 0 aliphatic heterocycles. The van der Waals surface area contributed by atoms with E-state index >= 15 is 0 Å². The first-order chi connectivity index (χ1) is 9.36. The lowest BCUT2D eigenvalue weighted by Crippen LogP contribution is -2.05. The number of hydrogen-bond donors (Lipinski definition) is 1. The van der Waals surface area contributed by atoms with E-state index in [0.29, 0.717) is 5.56 Å². The minimum Gasteiger partial charge on any atom is -0.505 e. The first-order valence-corrected chi connectivity index (χ1v) is 5.64. The molecule has 0 saturated heterocycles. The van der Waals surface area contributed by atoms with Gasteiger partial charge in [0.15, 0.2) is 11.6 Å². The Morgan fingerprint density at radius 3 is 2.45 bits per heavy atom. The van der Waals surface area contributed by atoms with Gasteiger partial charge < -0.3 is 9.84 Å². The second kappa shape index (κ2) is 5.40. The highest BCUT2D eigenvalue weighted by Gasteiger charge is 2.30. The zero-order valence-electron chi connectivity index (χ0n) is 10.1. The molecule has 2 aromatic carbocycles. The smallest absolute Gasteiger partial charge is 0.416 e. The van der Waals surface area contributed by atoms with Gasteiger partial charge in [-0.05, 0) is 35.9 Å². The summed E-state index contributed by atoms with van der Waals surface area (Å²) >= 11 is 0. The largest absolute Gasteiger partial charge is 0.505 e. The Morgan fingerprint density at radius 2 is 1.80 bits per heavy atom. The highest BCUT2D eigenvalue weighted by molar-refractivity contribution is 5.31. The monoisotopic (exact) mass is 286 g/mol. The molecule has 0 radical (unpaired) electrons. The maximum atomic E-state index is 13.1. The van der Waals surface area contributed by atoms with E-state index in [4.69, 9.17) is 9.84 Å². The molecule has 0 spiro atoms. The lowest BCUT2D eigenvalue weighted by Gasteiger charge is -2.10. The average molecular weight is 286 g/mol. The van der Waals surface area contributed by atoms with E-state index in [0.717, 1.165) is 24.3 Å². The SMILES string of the molecule is Oc1ccc(COc2cccc(C(F)(F)F)c2)cc1F. The zero-order valence-corrected chi connectivity index (χ0v) is 10.1. The molecule has 0 atom stereocenters. The average Bonchev–Trinajstić information content (AvgIpc) is 2.39. The first-order valence-electron chi connectivity index (χ1n) is 5.64. The van der Waals surface area contributed by atoms with Crippen LogP contribution >= 0.6 is 0 Å². The molecule has 2 aromatic rings. The van der Waals surface area contributed by atoms with Crippen molar-refractivity contribution in [1.29, 1.82) is 0 Å². The number of phenolic OH excluding ortho intramolecular Hbond substituents is 1. The van der Waals surface area contributed by atoms with Gasteiger partial charge in [-0.1, -0.05) is 12.1 Å². The number of rotatable bonds is 3. The Hall–Kier alpha value is -2.24. The topological polar surface area (TPSA) is 29.5 Å². The zero-order chi connectivity index (χ0) is 14.8. The summed E-state index contributed by atoms with van der Waals surface area (Å²) in [5.74, 6) is -1.27. The molecule has 0 heterocycles. The van der Waals surface area contributed by atoms with Crippen LogP contribution in [0.15, 0.2) is 42.5 Å². The van der Waals surface area contributed by atoms with Gasteiger partial charge in [0.25, 0.3) is 0 Å². The maximum Gasteiger partial charge on any atom is 0.416 e. The van der Waals surface area contributed by atoms with Crippen molar-refractivity contribution in [2.75, 3.05) is 0 Å². The van der Waals surface area contributed by atoms with E-state index in [9.17, 15) is 17.6 Å². The van der Waals surface area contributed by atoms with Crippen LogP contribution < -0.4 is 4.74 Å². The number of alkyl halides is 3. The van der Waals surface area contributed by atoms with Crippen LogP contribution in [-0.2, 0) is 12.8 Å². The van der Waals surface area contributed by atoms with Crippen LogP contribution in [0.4, 0.5) is 17.6 Å². The Labute approximate surface area is 112 Å². The van der Waals surface area contributed by atoms with Gasteiger partial charge >= 0.3 is 6.18 Å². The van der Waals surface area contributed by atoms with Crippen LogP contribution in [-0.4, -0.2) is 5.11 Å². The summed E-state index contributed by atoms with van der Waals surface area (Å²) in [7, 11) is 0. The maximum absolute atomic E-state index is 13.1. The standard InChI is InChI=1S/C14H10F4O2/c15-12-6-9(4-5-13(12)19)8-20-11-3-1-2-10(7-11)14(16,17)18/h1-7,19H,8H2. The molecule has 0 saturated carbocycles. The fraction of sp³-hybridized carbons (Fsp3) is 0.143. The van der Waals surface area contributed by atoms with Crippen LogP contribution in [0.2, 0.25) is 0 Å². The van der Waals surface area contributed by atoms with Gasteiger partial charge in [-0.2, -0.15) is 13.2 Å². The third-order valence-electron chi connectivity index (χ3n) is 2.58. The summed E-state index contributed by atoms with van der Waals surface area (Å²) in [4.78, 5) is 0. The molecule has 1 N–H and O–H groups in total. The van der Waals surface area contributed by atoms with E-state index < -0.39 is 23.3 Å². The number of phenols is 1. The number of aromatic hydroxyl groups is 1. The normalized spacial score (nSPS) is 11.4. The minimum absolute atomic E-state index is 0.0355. The lowest BCUT2D eigenvalue weighted by molar-refractivity contribution is -0.137. The Morgan fingerprint density at radius 1 is 1.05 bits per heavy atom. The molecule has 20 heavy (non-hydrogen) atoms. The van der Waals surface area contributed by atoms with E-state index in [-0.39, 0.29) is 12.4 Å². The summed E-state index contributed by atoms with van der Waals surface area (Å²) in [6.07, 6.45) is -4.44. The van der Waals surface area contributed by atoms with Gasteiger partial charge in [0.1, 0.15) is 12.4 Å². The van der Waals surface area contributed by atoms with Crippen LogP contribution in [0.1, 0.15) is 11.1 Å². The van der Waals surface area contributed by atoms with Crippen molar-refractivity contribution in [3.63, 3.8) is 0 Å². The molecule has 2 rings (SSSR count). The van der Waals surface area contributed by atoms with E-state index in [1.807, 2.05) is 0 Å². The molecule has 0 bridgehead atoms. The lowest BCUT2D eigenvalue weighted by atomic mass is 10.2. The van der Waals surface area contributed by atoms with E-state index in [1.165, 1.54) is 18.2 Å². The van der Waals surface area contributed by atoms with Gasteiger partial charge in [0.2, 0.25) is 0 Å². The molecule has 0 aliphatic rings. The quantitative estimate of drug-likeness (QED) is 0.860. The molecule has 0 amide bonds. The Bertz CT molecular complexity index is 608. The minimum atomic E-state index is -4.44. The number of benzene rings is 2. The third kappa shape index (κ3) is 3.40. The number of ether oxygens (including phenoxy) is 1. The Balaban J connectivity index is 2.09. The van der Waals surface area contributed by atoms with Gasteiger partial charge in [-0.25, -0.2) is 4.39 Å². The van der Waals surface area contributed by atoms with Gasteiger partial charge in [-0.3, -0.25) is 0 Å². The van der Waals surface area contributed by atoms with Crippen molar-refractivity contribution in [3.05, 3.63) is 59.4 Å². The molecule has 2 nitrogen and oxygen atoms in total. The number of hydrogen-bond acceptors (Lipinski definition) is 2. The van der Waals surface area contributed by atoms with E-state index in [2.05, 4.69) is 0 Å². The van der Waals surface area contributed by atoms with Crippen molar-refractivity contribution in [2.45, 2.75) is 12.8 Å². The van der Waals surface area contributed by atoms with Crippen LogP contribution in [0.25, 0.3) is 0 Å². The first kappa shape index (κ1) is 14.2. The van der Waals surface area contributed by atoms with Crippen molar-refractivity contribution in [2.24, 2.45) is 0 Å². The van der Waals surface area contributed by atoms with Gasteiger partial charge in [0.05, 0.1) is 5.56 Å². The highest BCUT2D eigenvalue weighted by Crippen LogP contribution is 2.31. The fourth-order valence-corrected chi connectivity index (χ4v) is 1.57. The van der Waals surface area contributed by atoms with Gasteiger partial charge in [0, 0.05) is 0 Å². The molecule has 0 unspecified atom stereocenters. The predicted molar refractivity (Wildman–Crippen MR) is 63.8 cm³/mol. The highest BCUT2D eigenvalue weighted by atomic mass is 19.4. The van der Waals surface area contributed by atoms with Crippen molar-refractivity contribution >= 4 is 0 Å². The van der Waals surface area contributed by atoms with E-state index in [1.54, 1.807) is 0 Å². The molecule has 0 fully saturated rings.